The lowest BCUT2D eigenvalue weighted by molar-refractivity contribution is 0.0714. The highest BCUT2D eigenvalue weighted by Gasteiger charge is 2.42. The minimum atomic E-state index is -0.675. The average Bonchev–Trinajstić information content (AvgIpc) is 3.13. The van der Waals surface area contributed by atoms with Crippen molar-refractivity contribution >= 4 is 32.8 Å². The number of hydrogen-bond acceptors (Lipinski definition) is 4. The molecule has 1 aromatic heterocycles. The predicted molar refractivity (Wildman–Crippen MR) is 140 cm³/mol. The Hall–Kier alpha value is -3.45. The van der Waals surface area contributed by atoms with Gasteiger partial charge in [-0.15, -0.1) is 0 Å². The summed E-state index contributed by atoms with van der Waals surface area (Å²) in [5.41, 5.74) is 1.88. The van der Waals surface area contributed by atoms with Crippen LogP contribution in [0.4, 0.5) is 4.39 Å². The summed E-state index contributed by atoms with van der Waals surface area (Å²) in [4.78, 5) is 29.0. The number of amides is 1. The van der Waals surface area contributed by atoms with E-state index < -0.39 is 6.04 Å². The zero-order valence-electron chi connectivity index (χ0n) is 20.0. The van der Waals surface area contributed by atoms with Crippen molar-refractivity contribution in [1.82, 2.24) is 4.90 Å². The number of nitrogens with zero attached hydrogens (tertiary/aromatic N) is 1. The number of hydrogen-bond donors (Lipinski definition) is 0. The lowest BCUT2D eigenvalue weighted by Gasteiger charge is -2.25. The van der Waals surface area contributed by atoms with Crippen LogP contribution in [-0.4, -0.2) is 17.4 Å². The minimum Gasteiger partial charge on any atom is -0.494 e. The van der Waals surface area contributed by atoms with Gasteiger partial charge >= 0.3 is 0 Å². The molecule has 1 unspecified atom stereocenters. The summed E-state index contributed by atoms with van der Waals surface area (Å²) < 4.78 is 26.2. The fourth-order valence-corrected chi connectivity index (χ4v) is 4.84. The second kappa shape index (κ2) is 9.90. The molecule has 0 saturated heterocycles. The molecule has 1 aliphatic rings. The molecule has 4 aromatic rings. The van der Waals surface area contributed by atoms with Crippen molar-refractivity contribution in [3.05, 3.63) is 110 Å². The first-order valence-corrected chi connectivity index (χ1v) is 12.7. The van der Waals surface area contributed by atoms with Gasteiger partial charge in [0.2, 0.25) is 5.76 Å². The van der Waals surface area contributed by atoms with Gasteiger partial charge in [0.25, 0.3) is 5.91 Å². The molecule has 3 aromatic carbocycles. The molecule has 0 radical (unpaired) electrons. The molecule has 1 aliphatic heterocycles. The maximum absolute atomic E-state index is 13.7. The van der Waals surface area contributed by atoms with Gasteiger partial charge in [-0.2, -0.15) is 0 Å². The van der Waals surface area contributed by atoms with E-state index in [2.05, 4.69) is 29.8 Å². The Kier molecular flexibility index (Phi) is 6.67. The molecular formula is C29H25BrFNO4. The number of halogens is 2. The van der Waals surface area contributed by atoms with Gasteiger partial charge in [0.15, 0.2) is 5.43 Å². The zero-order valence-corrected chi connectivity index (χ0v) is 21.5. The van der Waals surface area contributed by atoms with E-state index in [0.29, 0.717) is 34.8 Å². The first-order chi connectivity index (χ1) is 17.3. The van der Waals surface area contributed by atoms with Crippen molar-refractivity contribution in [2.45, 2.75) is 32.9 Å². The largest absolute Gasteiger partial charge is 0.494 e. The van der Waals surface area contributed by atoms with Crippen molar-refractivity contribution in [3.8, 4) is 5.75 Å². The van der Waals surface area contributed by atoms with Crippen molar-refractivity contribution in [3.63, 3.8) is 0 Å². The highest BCUT2D eigenvalue weighted by atomic mass is 79.9. The smallest absolute Gasteiger partial charge is 0.291 e. The summed E-state index contributed by atoms with van der Waals surface area (Å²) in [5.74, 6) is 0.478. The summed E-state index contributed by atoms with van der Waals surface area (Å²) in [6.07, 6.45) is 0.913. The molecule has 0 bridgehead atoms. The number of rotatable bonds is 7. The highest BCUT2D eigenvalue weighted by Crippen LogP contribution is 2.40. The molecule has 0 saturated carbocycles. The van der Waals surface area contributed by atoms with Gasteiger partial charge in [-0.1, -0.05) is 54.0 Å². The Morgan fingerprint density at radius 1 is 1.06 bits per heavy atom. The Balaban J connectivity index is 1.62. The Labute approximate surface area is 216 Å². The van der Waals surface area contributed by atoms with Crippen molar-refractivity contribution < 1.29 is 18.3 Å². The third-order valence-corrected chi connectivity index (χ3v) is 6.82. The van der Waals surface area contributed by atoms with Gasteiger partial charge in [-0.05, 0) is 65.9 Å². The normalized spacial score (nSPS) is 15.1. The van der Waals surface area contributed by atoms with Crippen LogP contribution in [-0.2, 0) is 6.54 Å². The second-order valence-electron chi connectivity index (χ2n) is 9.38. The summed E-state index contributed by atoms with van der Waals surface area (Å²) in [5, 5.41) is 0.397. The van der Waals surface area contributed by atoms with E-state index >= 15 is 0 Å². The molecule has 0 fully saturated rings. The van der Waals surface area contributed by atoms with E-state index in [1.54, 1.807) is 35.2 Å². The van der Waals surface area contributed by atoms with Crippen molar-refractivity contribution in [1.29, 1.82) is 0 Å². The maximum Gasteiger partial charge on any atom is 0.291 e. The number of carbonyl (C=O) groups is 1. The Morgan fingerprint density at radius 2 is 1.83 bits per heavy atom. The highest BCUT2D eigenvalue weighted by molar-refractivity contribution is 9.10. The monoisotopic (exact) mass is 549 g/mol. The zero-order chi connectivity index (χ0) is 25.4. The van der Waals surface area contributed by atoms with Crippen LogP contribution in [0, 0.1) is 11.7 Å². The van der Waals surface area contributed by atoms with E-state index in [0.717, 1.165) is 22.0 Å². The Morgan fingerprint density at radius 3 is 2.58 bits per heavy atom. The summed E-state index contributed by atoms with van der Waals surface area (Å²) in [7, 11) is 0. The van der Waals surface area contributed by atoms with E-state index in [9.17, 15) is 14.0 Å². The second-order valence-corrected chi connectivity index (χ2v) is 10.3. The lowest BCUT2D eigenvalue weighted by atomic mass is 9.98. The number of benzene rings is 3. The van der Waals surface area contributed by atoms with E-state index in [-0.39, 0.29) is 29.5 Å². The SMILES string of the molecule is CC(C)CCOc1cccc(C2c3c(oc4ccc(Br)cc4c3=O)C(=O)N2Cc2ccc(F)cc2)c1. The van der Waals surface area contributed by atoms with Crippen LogP contribution in [0.15, 0.2) is 80.4 Å². The van der Waals surface area contributed by atoms with Crippen LogP contribution in [0.25, 0.3) is 11.0 Å². The third kappa shape index (κ3) is 4.67. The molecule has 0 N–H and O–H groups in total. The van der Waals surface area contributed by atoms with E-state index in [4.69, 9.17) is 9.15 Å². The maximum atomic E-state index is 13.7. The Bertz CT molecular complexity index is 1500. The molecule has 36 heavy (non-hydrogen) atoms. The first kappa shape index (κ1) is 24.3. The quantitative estimate of drug-likeness (QED) is 0.252. The van der Waals surface area contributed by atoms with E-state index in [1.165, 1.54) is 12.1 Å². The van der Waals surface area contributed by atoms with Gasteiger partial charge in [-0.25, -0.2) is 4.39 Å². The molecular weight excluding hydrogens is 525 g/mol. The van der Waals surface area contributed by atoms with Crippen LogP contribution in [0.3, 0.4) is 0 Å². The van der Waals surface area contributed by atoms with Crippen LogP contribution in [0.5, 0.6) is 5.75 Å². The van der Waals surface area contributed by atoms with Gasteiger partial charge in [-0.3, -0.25) is 9.59 Å². The fourth-order valence-electron chi connectivity index (χ4n) is 4.48. The number of carbonyl (C=O) groups excluding carboxylic acids is 1. The molecule has 0 aliphatic carbocycles. The standard InChI is InChI=1S/C29H25BrFNO4/c1-17(2)12-13-35-22-5-3-4-19(14-22)26-25-27(33)23-15-20(30)8-11-24(23)36-28(25)29(34)32(26)16-18-6-9-21(31)10-7-18/h3-11,14-15,17,26H,12-13,16H2,1-2H3. The van der Waals surface area contributed by atoms with Gasteiger partial charge in [0, 0.05) is 11.0 Å². The third-order valence-electron chi connectivity index (χ3n) is 6.33. The summed E-state index contributed by atoms with van der Waals surface area (Å²) in [6, 6.07) is 17.9. The molecule has 0 spiro atoms. The van der Waals surface area contributed by atoms with E-state index in [1.807, 2.05) is 24.3 Å². The molecule has 1 amide bonds. The van der Waals surface area contributed by atoms with Crippen LogP contribution in [0.1, 0.15) is 53.6 Å². The average molecular weight is 550 g/mol. The minimum absolute atomic E-state index is 0.0352. The molecule has 184 valence electrons. The fraction of sp³-hybridized carbons (Fsp3) is 0.241. The number of ether oxygens (including phenoxy) is 1. The molecule has 5 rings (SSSR count). The van der Waals surface area contributed by atoms with Gasteiger partial charge in [0.1, 0.15) is 17.1 Å². The molecule has 5 nitrogen and oxygen atoms in total. The number of fused-ring (bicyclic) bond motifs is 2. The van der Waals surface area contributed by atoms with Crippen LogP contribution < -0.4 is 10.2 Å². The topological polar surface area (TPSA) is 59.8 Å². The van der Waals surface area contributed by atoms with Crippen molar-refractivity contribution in [2.24, 2.45) is 5.92 Å². The molecule has 7 heteroatoms. The molecule has 1 atom stereocenters. The van der Waals surface area contributed by atoms with Gasteiger partial charge < -0.3 is 14.1 Å². The first-order valence-electron chi connectivity index (χ1n) is 11.9. The summed E-state index contributed by atoms with van der Waals surface area (Å²) in [6.45, 7) is 5.03. The lowest BCUT2D eigenvalue weighted by Crippen LogP contribution is -2.29. The van der Waals surface area contributed by atoms with Crippen molar-refractivity contribution in [2.75, 3.05) is 6.61 Å². The predicted octanol–water partition coefficient (Wildman–Crippen LogP) is 6.86. The molecule has 2 heterocycles. The van der Waals surface area contributed by atoms with Crippen LogP contribution >= 0.6 is 15.9 Å². The summed E-state index contributed by atoms with van der Waals surface area (Å²) >= 11 is 3.42. The van der Waals surface area contributed by atoms with Crippen LogP contribution in [0.2, 0.25) is 0 Å². The van der Waals surface area contributed by atoms with Gasteiger partial charge in [0.05, 0.1) is 23.6 Å².